The molecule has 1 saturated heterocycles. The highest BCUT2D eigenvalue weighted by atomic mass is 16.2. The molecule has 0 saturated carbocycles. The van der Waals surface area contributed by atoms with Crippen LogP contribution in [0.1, 0.15) is 0 Å². The predicted octanol–water partition coefficient (Wildman–Crippen LogP) is 2.23. The van der Waals surface area contributed by atoms with E-state index in [1.54, 1.807) is 6.20 Å². The van der Waals surface area contributed by atoms with Gasteiger partial charge in [0.05, 0.1) is 6.20 Å². The summed E-state index contributed by atoms with van der Waals surface area (Å²) >= 11 is 0. The van der Waals surface area contributed by atoms with Gasteiger partial charge in [-0.25, -0.2) is 5.10 Å². The molecule has 1 amide bonds. The van der Waals surface area contributed by atoms with Crippen LogP contribution < -0.4 is 10.5 Å². The number of aromatic nitrogens is 3. The molecule has 7 heteroatoms. The number of fused-ring (bicyclic) bond motifs is 3. The van der Waals surface area contributed by atoms with Crippen molar-refractivity contribution >= 4 is 33.4 Å². The standard InChI is InChI=1S/C22H21N5O2/c28-20(26-12-10-25(11-13-26)16-6-2-1-3-7-16)15-27-19-9-5-4-8-17(19)18-14-23-24-22(29)21(18)27/h1-9,14H,10-13,15H2,(H,24,29). The van der Waals surface area contributed by atoms with Crippen LogP contribution in [0.15, 0.2) is 65.6 Å². The molecule has 146 valence electrons. The van der Waals surface area contributed by atoms with Crippen molar-refractivity contribution in [3.05, 3.63) is 71.1 Å². The zero-order valence-electron chi connectivity index (χ0n) is 15.9. The molecule has 0 spiro atoms. The third-order valence-corrected chi connectivity index (χ3v) is 5.63. The minimum atomic E-state index is -0.277. The van der Waals surface area contributed by atoms with Gasteiger partial charge in [0.25, 0.3) is 5.56 Å². The molecule has 5 rings (SSSR count). The first-order chi connectivity index (χ1) is 14.2. The van der Waals surface area contributed by atoms with Crippen LogP contribution in [0.2, 0.25) is 0 Å². The highest BCUT2D eigenvalue weighted by Gasteiger charge is 2.23. The molecule has 2 aromatic heterocycles. The van der Waals surface area contributed by atoms with Crippen molar-refractivity contribution in [2.24, 2.45) is 0 Å². The van der Waals surface area contributed by atoms with Crippen LogP contribution in [-0.4, -0.2) is 51.8 Å². The number of hydrogen-bond acceptors (Lipinski definition) is 4. The summed E-state index contributed by atoms with van der Waals surface area (Å²) in [5.41, 5.74) is 2.27. The number of nitrogens with zero attached hydrogens (tertiary/aromatic N) is 4. The summed E-state index contributed by atoms with van der Waals surface area (Å²) in [7, 11) is 0. The first kappa shape index (κ1) is 17.5. The maximum absolute atomic E-state index is 13.1. The van der Waals surface area contributed by atoms with Crippen molar-refractivity contribution in [1.29, 1.82) is 0 Å². The van der Waals surface area contributed by atoms with Crippen LogP contribution in [0, 0.1) is 0 Å². The Morgan fingerprint density at radius 3 is 2.45 bits per heavy atom. The fourth-order valence-electron chi connectivity index (χ4n) is 4.17. The van der Waals surface area contributed by atoms with Gasteiger partial charge in [-0.3, -0.25) is 9.59 Å². The molecular formula is C22H21N5O2. The molecular weight excluding hydrogens is 366 g/mol. The van der Waals surface area contributed by atoms with E-state index < -0.39 is 0 Å². The van der Waals surface area contributed by atoms with E-state index in [2.05, 4.69) is 27.2 Å². The lowest BCUT2D eigenvalue weighted by atomic mass is 10.2. The lowest BCUT2D eigenvalue weighted by molar-refractivity contribution is -0.132. The first-order valence-electron chi connectivity index (χ1n) is 9.75. The average molecular weight is 387 g/mol. The summed E-state index contributed by atoms with van der Waals surface area (Å²) in [6.45, 7) is 3.08. The molecule has 0 bridgehead atoms. The Morgan fingerprint density at radius 1 is 0.931 bits per heavy atom. The Balaban J connectivity index is 1.40. The largest absolute Gasteiger partial charge is 0.368 e. The van der Waals surface area contributed by atoms with Crippen molar-refractivity contribution in [2.75, 3.05) is 31.1 Å². The first-order valence-corrected chi connectivity index (χ1v) is 9.75. The zero-order valence-corrected chi connectivity index (χ0v) is 15.9. The van der Waals surface area contributed by atoms with Gasteiger partial charge in [0, 0.05) is 48.2 Å². The lowest BCUT2D eigenvalue weighted by Gasteiger charge is -2.36. The molecule has 29 heavy (non-hydrogen) atoms. The topological polar surface area (TPSA) is 74.2 Å². The molecule has 1 aliphatic rings. The van der Waals surface area contributed by atoms with Gasteiger partial charge in [-0.05, 0) is 18.2 Å². The number of carbonyl (C=O) groups is 1. The third-order valence-electron chi connectivity index (χ3n) is 5.63. The SMILES string of the molecule is O=C(Cn1c2ccccc2c2cn[nH]c(=O)c21)N1CCN(c2ccccc2)CC1. The fourth-order valence-corrected chi connectivity index (χ4v) is 4.17. The smallest absolute Gasteiger partial charge is 0.288 e. The molecule has 1 fully saturated rings. The van der Waals surface area contributed by atoms with E-state index in [0.717, 1.165) is 29.4 Å². The van der Waals surface area contributed by atoms with Crippen LogP contribution in [-0.2, 0) is 11.3 Å². The second-order valence-corrected chi connectivity index (χ2v) is 7.27. The van der Waals surface area contributed by atoms with Crippen molar-refractivity contribution < 1.29 is 4.79 Å². The Labute approximate surface area is 167 Å². The monoisotopic (exact) mass is 387 g/mol. The van der Waals surface area contributed by atoms with Crippen molar-refractivity contribution in [1.82, 2.24) is 19.7 Å². The third kappa shape index (κ3) is 3.04. The van der Waals surface area contributed by atoms with E-state index in [0.29, 0.717) is 18.6 Å². The molecule has 2 aromatic carbocycles. The fraction of sp³-hybridized carbons (Fsp3) is 0.227. The van der Waals surface area contributed by atoms with Gasteiger partial charge in [-0.15, -0.1) is 0 Å². The van der Waals surface area contributed by atoms with E-state index in [1.807, 2.05) is 51.9 Å². The normalized spacial score (nSPS) is 14.6. The second-order valence-electron chi connectivity index (χ2n) is 7.27. The van der Waals surface area contributed by atoms with E-state index in [9.17, 15) is 9.59 Å². The van der Waals surface area contributed by atoms with Gasteiger partial charge in [0.15, 0.2) is 0 Å². The number of hydrogen-bond donors (Lipinski definition) is 1. The Kier molecular flexibility index (Phi) is 4.27. The van der Waals surface area contributed by atoms with Crippen LogP contribution in [0.25, 0.3) is 21.8 Å². The van der Waals surface area contributed by atoms with Gasteiger partial charge >= 0.3 is 0 Å². The van der Waals surface area contributed by atoms with Gasteiger partial charge in [-0.1, -0.05) is 36.4 Å². The number of carbonyl (C=O) groups excluding carboxylic acids is 1. The molecule has 1 aliphatic heterocycles. The highest BCUT2D eigenvalue weighted by molar-refractivity contribution is 6.07. The van der Waals surface area contributed by atoms with Gasteiger partial charge in [0.2, 0.25) is 5.91 Å². The number of nitrogens with one attached hydrogen (secondary N) is 1. The molecule has 0 aliphatic carbocycles. The van der Waals surface area contributed by atoms with Crippen LogP contribution in [0.4, 0.5) is 5.69 Å². The van der Waals surface area contributed by atoms with Crippen LogP contribution in [0.3, 0.4) is 0 Å². The molecule has 4 aromatic rings. The van der Waals surface area contributed by atoms with Gasteiger partial charge in [-0.2, -0.15) is 5.10 Å². The minimum absolute atomic E-state index is 0.0246. The van der Waals surface area contributed by atoms with E-state index in [1.165, 1.54) is 5.69 Å². The number of amides is 1. The average Bonchev–Trinajstić information content (AvgIpc) is 3.09. The van der Waals surface area contributed by atoms with Gasteiger partial charge in [0.1, 0.15) is 12.1 Å². The lowest BCUT2D eigenvalue weighted by Crippen LogP contribution is -2.49. The maximum Gasteiger partial charge on any atom is 0.288 e. The molecule has 0 radical (unpaired) electrons. The summed E-state index contributed by atoms with van der Waals surface area (Å²) in [6, 6.07) is 18.0. The number of H-pyrrole nitrogens is 1. The van der Waals surface area contributed by atoms with Crippen molar-refractivity contribution in [3.8, 4) is 0 Å². The number of para-hydroxylation sites is 2. The van der Waals surface area contributed by atoms with Crippen LogP contribution in [0.5, 0.6) is 0 Å². The summed E-state index contributed by atoms with van der Waals surface area (Å²) in [4.78, 5) is 29.7. The van der Waals surface area contributed by atoms with Crippen LogP contribution >= 0.6 is 0 Å². The molecule has 0 unspecified atom stereocenters. The number of benzene rings is 2. The van der Waals surface area contributed by atoms with Gasteiger partial charge < -0.3 is 14.4 Å². The van der Waals surface area contributed by atoms with E-state index in [-0.39, 0.29) is 18.0 Å². The number of aromatic amines is 1. The maximum atomic E-state index is 13.1. The summed E-state index contributed by atoms with van der Waals surface area (Å²) in [5.74, 6) is 0.0246. The van der Waals surface area contributed by atoms with E-state index >= 15 is 0 Å². The quantitative estimate of drug-likeness (QED) is 0.585. The Hall–Kier alpha value is -3.61. The number of piperazine rings is 1. The summed E-state index contributed by atoms with van der Waals surface area (Å²) in [5, 5.41) is 8.13. The molecule has 3 heterocycles. The summed E-state index contributed by atoms with van der Waals surface area (Å²) < 4.78 is 1.82. The summed E-state index contributed by atoms with van der Waals surface area (Å²) in [6.07, 6.45) is 1.65. The zero-order chi connectivity index (χ0) is 19.8. The molecule has 7 nitrogen and oxygen atoms in total. The second kappa shape index (κ2) is 7.09. The number of anilines is 1. The molecule has 1 N–H and O–H groups in total. The minimum Gasteiger partial charge on any atom is -0.368 e. The van der Waals surface area contributed by atoms with Crippen molar-refractivity contribution in [3.63, 3.8) is 0 Å². The van der Waals surface area contributed by atoms with Crippen molar-refractivity contribution in [2.45, 2.75) is 6.54 Å². The Bertz CT molecular complexity index is 1240. The Morgan fingerprint density at radius 2 is 1.66 bits per heavy atom. The predicted molar refractivity (Wildman–Crippen MR) is 113 cm³/mol. The number of rotatable bonds is 3. The highest BCUT2D eigenvalue weighted by Crippen LogP contribution is 2.26. The molecule has 0 atom stereocenters. The van der Waals surface area contributed by atoms with E-state index in [4.69, 9.17) is 0 Å².